The molecule has 0 saturated carbocycles. The molecule has 1 unspecified atom stereocenters. The molecule has 78 valence electrons. The summed E-state index contributed by atoms with van der Waals surface area (Å²) in [5.74, 6) is -0.223. The van der Waals surface area contributed by atoms with Gasteiger partial charge in [0, 0.05) is 13.7 Å². The van der Waals surface area contributed by atoms with Crippen LogP contribution in [0, 0.1) is 12.7 Å². The maximum Gasteiger partial charge on any atom is 0.126 e. The van der Waals surface area contributed by atoms with E-state index >= 15 is 0 Å². The molecule has 0 aliphatic carbocycles. The van der Waals surface area contributed by atoms with E-state index in [-0.39, 0.29) is 5.82 Å². The zero-order valence-corrected chi connectivity index (χ0v) is 8.80. The Labute approximate surface area is 83.9 Å². The third-order valence-electron chi connectivity index (χ3n) is 2.62. The predicted molar refractivity (Wildman–Crippen MR) is 54.6 cm³/mol. The lowest BCUT2D eigenvalue weighted by atomic mass is 9.95. The summed E-state index contributed by atoms with van der Waals surface area (Å²) in [6, 6.07) is 5.05. The fourth-order valence-electron chi connectivity index (χ4n) is 1.24. The van der Waals surface area contributed by atoms with Crippen LogP contribution in [-0.2, 0) is 10.3 Å². The number of rotatable bonds is 3. The van der Waals surface area contributed by atoms with Crippen molar-refractivity contribution < 1.29 is 9.13 Å². The third kappa shape index (κ3) is 1.94. The Balaban J connectivity index is 3.12. The molecule has 0 radical (unpaired) electrons. The quantitative estimate of drug-likeness (QED) is 0.803. The second kappa shape index (κ2) is 4.07. The lowest BCUT2D eigenvalue weighted by Crippen LogP contribution is -2.33. The predicted octanol–water partition coefficient (Wildman–Crippen LogP) is 1.95. The van der Waals surface area contributed by atoms with E-state index in [1.165, 1.54) is 6.07 Å². The van der Waals surface area contributed by atoms with Crippen LogP contribution in [0.3, 0.4) is 0 Å². The Hall–Kier alpha value is -0.930. The Morgan fingerprint density at radius 3 is 2.57 bits per heavy atom. The molecule has 0 amide bonds. The summed E-state index contributed by atoms with van der Waals surface area (Å²) in [5, 5.41) is 0. The van der Waals surface area contributed by atoms with Gasteiger partial charge in [0.25, 0.3) is 0 Å². The molecular formula is C11H16FNO. The van der Waals surface area contributed by atoms with Crippen LogP contribution < -0.4 is 5.73 Å². The molecule has 1 aromatic carbocycles. The van der Waals surface area contributed by atoms with E-state index in [1.54, 1.807) is 20.1 Å². The molecular weight excluding hydrogens is 181 g/mol. The van der Waals surface area contributed by atoms with Gasteiger partial charge < -0.3 is 10.5 Å². The highest BCUT2D eigenvalue weighted by Gasteiger charge is 2.24. The van der Waals surface area contributed by atoms with E-state index in [9.17, 15) is 4.39 Å². The van der Waals surface area contributed by atoms with Crippen molar-refractivity contribution in [1.82, 2.24) is 0 Å². The minimum Gasteiger partial charge on any atom is -0.372 e. The van der Waals surface area contributed by atoms with E-state index in [4.69, 9.17) is 10.5 Å². The van der Waals surface area contributed by atoms with E-state index in [0.717, 1.165) is 5.56 Å². The summed E-state index contributed by atoms with van der Waals surface area (Å²) in [5.41, 5.74) is 6.39. The smallest absolute Gasteiger partial charge is 0.126 e. The van der Waals surface area contributed by atoms with Crippen molar-refractivity contribution in [3.8, 4) is 0 Å². The van der Waals surface area contributed by atoms with Gasteiger partial charge in [0.1, 0.15) is 11.4 Å². The second-order valence-corrected chi connectivity index (χ2v) is 3.60. The highest BCUT2D eigenvalue weighted by Crippen LogP contribution is 2.24. The van der Waals surface area contributed by atoms with Crippen molar-refractivity contribution in [2.24, 2.45) is 5.73 Å². The van der Waals surface area contributed by atoms with Gasteiger partial charge in [-0.05, 0) is 31.0 Å². The molecule has 0 fully saturated rings. The SMILES string of the molecule is COC(C)(CN)c1ccc(C)c(F)c1. The maximum atomic E-state index is 13.3. The number of halogens is 1. The second-order valence-electron chi connectivity index (χ2n) is 3.60. The van der Waals surface area contributed by atoms with E-state index in [0.29, 0.717) is 12.1 Å². The van der Waals surface area contributed by atoms with Crippen LogP contribution in [-0.4, -0.2) is 13.7 Å². The largest absolute Gasteiger partial charge is 0.372 e. The van der Waals surface area contributed by atoms with Crippen LogP contribution in [0.25, 0.3) is 0 Å². The van der Waals surface area contributed by atoms with Crippen molar-refractivity contribution in [1.29, 1.82) is 0 Å². The van der Waals surface area contributed by atoms with Gasteiger partial charge in [0.2, 0.25) is 0 Å². The van der Waals surface area contributed by atoms with Crippen LogP contribution in [0.4, 0.5) is 4.39 Å². The molecule has 1 aromatic rings. The van der Waals surface area contributed by atoms with Gasteiger partial charge in [-0.15, -0.1) is 0 Å². The molecule has 2 N–H and O–H groups in total. The van der Waals surface area contributed by atoms with Gasteiger partial charge in [-0.3, -0.25) is 0 Å². The highest BCUT2D eigenvalue weighted by atomic mass is 19.1. The number of aryl methyl sites for hydroxylation is 1. The fraction of sp³-hybridized carbons (Fsp3) is 0.455. The van der Waals surface area contributed by atoms with Gasteiger partial charge in [-0.1, -0.05) is 12.1 Å². The first-order chi connectivity index (χ1) is 6.53. The number of benzene rings is 1. The van der Waals surface area contributed by atoms with Crippen LogP contribution in [0.15, 0.2) is 18.2 Å². The first-order valence-electron chi connectivity index (χ1n) is 4.55. The summed E-state index contributed by atoms with van der Waals surface area (Å²) in [4.78, 5) is 0. The lowest BCUT2D eigenvalue weighted by Gasteiger charge is -2.27. The highest BCUT2D eigenvalue weighted by molar-refractivity contribution is 5.28. The Morgan fingerprint density at radius 2 is 2.14 bits per heavy atom. The Morgan fingerprint density at radius 1 is 1.50 bits per heavy atom. The van der Waals surface area contributed by atoms with Crippen molar-refractivity contribution in [2.75, 3.05) is 13.7 Å². The molecule has 0 heterocycles. The van der Waals surface area contributed by atoms with Crippen molar-refractivity contribution >= 4 is 0 Å². The molecule has 14 heavy (non-hydrogen) atoms. The summed E-state index contributed by atoms with van der Waals surface area (Å²) in [7, 11) is 1.57. The standard InChI is InChI=1S/C11H16FNO/c1-8-4-5-9(6-10(8)12)11(2,7-13)14-3/h4-6H,7,13H2,1-3H3. The van der Waals surface area contributed by atoms with Crippen LogP contribution in [0.2, 0.25) is 0 Å². The number of methoxy groups -OCH3 is 1. The average Bonchev–Trinajstić information content (AvgIpc) is 2.21. The number of hydrogen-bond donors (Lipinski definition) is 1. The third-order valence-corrected chi connectivity index (χ3v) is 2.62. The van der Waals surface area contributed by atoms with E-state index in [2.05, 4.69) is 0 Å². The van der Waals surface area contributed by atoms with Crippen LogP contribution in [0.1, 0.15) is 18.1 Å². The van der Waals surface area contributed by atoms with E-state index in [1.807, 2.05) is 13.0 Å². The molecule has 0 aliphatic rings. The summed E-state index contributed by atoms with van der Waals surface area (Å²) in [6.07, 6.45) is 0. The van der Waals surface area contributed by atoms with Gasteiger partial charge in [0.05, 0.1) is 0 Å². The Bertz CT molecular complexity index is 321. The van der Waals surface area contributed by atoms with Crippen molar-refractivity contribution in [3.05, 3.63) is 35.1 Å². The Kier molecular flexibility index (Phi) is 3.24. The molecule has 1 atom stereocenters. The molecule has 0 aromatic heterocycles. The van der Waals surface area contributed by atoms with Crippen LogP contribution in [0.5, 0.6) is 0 Å². The first-order valence-corrected chi connectivity index (χ1v) is 4.55. The molecule has 0 saturated heterocycles. The fourth-order valence-corrected chi connectivity index (χ4v) is 1.24. The van der Waals surface area contributed by atoms with Gasteiger partial charge in [-0.2, -0.15) is 0 Å². The molecule has 2 nitrogen and oxygen atoms in total. The zero-order valence-electron chi connectivity index (χ0n) is 8.80. The normalized spacial score (nSPS) is 15.2. The minimum absolute atomic E-state index is 0.223. The van der Waals surface area contributed by atoms with Gasteiger partial charge >= 0.3 is 0 Å². The summed E-state index contributed by atoms with van der Waals surface area (Å²) < 4.78 is 18.6. The maximum absolute atomic E-state index is 13.3. The van der Waals surface area contributed by atoms with Gasteiger partial charge in [0.15, 0.2) is 0 Å². The minimum atomic E-state index is -0.603. The first kappa shape index (κ1) is 11.1. The molecule has 0 bridgehead atoms. The summed E-state index contributed by atoms with van der Waals surface area (Å²) >= 11 is 0. The average molecular weight is 197 g/mol. The molecule has 1 rings (SSSR count). The number of ether oxygens (including phenoxy) is 1. The lowest BCUT2D eigenvalue weighted by molar-refractivity contribution is 0.00983. The van der Waals surface area contributed by atoms with Crippen molar-refractivity contribution in [3.63, 3.8) is 0 Å². The topological polar surface area (TPSA) is 35.2 Å². The molecule has 3 heteroatoms. The van der Waals surface area contributed by atoms with Crippen LogP contribution >= 0.6 is 0 Å². The molecule has 0 spiro atoms. The van der Waals surface area contributed by atoms with Crippen molar-refractivity contribution in [2.45, 2.75) is 19.4 Å². The van der Waals surface area contributed by atoms with Gasteiger partial charge in [-0.25, -0.2) is 4.39 Å². The van der Waals surface area contributed by atoms with E-state index < -0.39 is 5.60 Å². The monoisotopic (exact) mass is 197 g/mol. The summed E-state index contributed by atoms with van der Waals surface area (Å²) in [6.45, 7) is 3.90. The molecule has 0 aliphatic heterocycles. The number of hydrogen-bond acceptors (Lipinski definition) is 2. The zero-order chi connectivity index (χ0) is 10.8. The number of nitrogens with two attached hydrogens (primary N) is 1.